The summed E-state index contributed by atoms with van der Waals surface area (Å²) in [7, 11) is 1.33. The van der Waals surface area contributed by atoms with Crippen LogP contribution in [0.15, 0.2) is 12.1 Å². The van der Waals surface area contributed by atoms with Gasteiger partial charge in [-0.3, -0.25) is 4.79 Å². The number of ether oxygens (including phenoxy) is 1. The van der Waals surface area contributed by atoms with E-state index in [1.807, 2.05) is 0 Å². The molecule has 6 heteroatoms. The second-order valence-corrected chi connectivity index (χ2v) is 3.31. The monoisotopic (exact) mass is 227 g/mol. The van der Waals surface area contributed by atoms with E-state index in [-0.39, 0.29) is 23.7 Å². The van der Waals surface area contributed by atoms with Crippen LogP contribution in [0.5, 0.6) is 17.2 Å². The Bertz CT molecular complexity index is 404. The molecular formula is C10H13NO5. The van der Waals surface area contributed by atoms with E-state index in [9.17, 15) is 15.0 Å². The molecule has 6 nitrogen and oxygen atoms in total. The summed E-state index contributed by atoms with van der Waals surface area (Å²) in [5, 5.41) is 27.3. The molecule has 0 unspecified atom stereocenters. The molecule has 1 atom stereocenters. The van der Waals surface area contributed by atoms with Crippen molar-refractivity contribution in [2.45, 2.75) is 12.5 Å². The zero-order valence-corrected chi connectivity index (χ0v) is 8.67. The van der Waals surface area contributed by atoms with Crippen LogP contribution in [0.1, 0.15) is 5.56 Å². The molecule has 0 bridgehead atoms. The van der Waals surface area contributed by atoms with Crippen molar-refractivity contribution in [1.82, 2.24) is 0 Å². The predicted octanol–water partition coefficient (Wildman–Crippen LogP) is 0.0608. The number of hydrogen-bond donors (Lipinski definition) is 4. The van der Waals surface area contributed by atoms with Crippen molar-refractivity contribution in [3.05, 3.63) is 17.7 Å². The highest BCUT2D eigenvalue weighted by Crippen LogP contribution is 2.36. The minimum absolute atomic E-state index is 0.0412. The van der Waals surface area contributed by atoms with Gasteiger partial charge < -0.3 is 25.8 Å². The zero-order valence-electron chi connectivity index (χ0n) is 8.67. The molecule has 0 spiro atoms. The number of aromatic hydroxyl groups is 2. The van der Waals surface area contributed by atoms with E-state index >= 15 is 0 Å². The Morgan fingerprint density at radius 3 is 2.62 bits per heavy atom. The van der Waals surface area contributed by atoms with Gasteiger partial charge in [-0.1, -0.05) is 0 Å². The number of phenolic OH excluding ortho intramolecular Hbond substituents is 2. The number of methoxy groups -OCH3 is 1. The molecule has 0 aliphatic heterocycles. The quantitative estimate of drug-likeness (QED) is 0.541. The summed E-state index contributed by atoms with van der Waals surface area (Å²) in [6, 6.07) is 1.62. The van der Waals surface area contributed by atoms with Crippen molar-refractivity contribution >= 4 is 5.97 Å². The molecule has 88 valence electrons. The summed E-state index contributed by atoms with van der Waals surface area (Å²) >= 11 is 0. The fourth-order valence-electron chi connectivity index (χ4n) is 1.26. The molecule has 0 saturated carbocycles. The van der Waals surface area contributed by atoms with Crippen LogP contribution in [0.2, 0.25) is 0 Å². The lowest BCUT2D eigenvalue weighted by Gasteiger charge is -2.10. The Hall–Kier alpha value is -1.95. The van der Waals surface area contributed by atoms with Crippen molar-refractivity contribution in [3.63, 3.8) is 0 Å². The lowest BCUT2D eigenvalue weighted by atomic mass is 10.1. The lowest BCUT2D eigenvalue weighted by Crippen LogP contribution is -2.32. The average molecular weight is 227 g/mol. The molecule has 0 radical (unpaired) electrons. The van der Waals surface area contributed by atoms with E-state index in [0.717, 1.165) is 0 Å². The number of benzene rings is 1. The van der Waals surface area contributed by atoms with Crippen LogP contribution in [0, 0.1) is 0 Å². The van der Waals surface area contributed by atoms with Gasteiger partial charge in [0.15, 0.2) is 11.5 Å². The second-order valence-electron chi connectivity index (χ2n) is 3.31. The van der Waals surface area contributed by atoms with Crippen molar-refractivity contribution in [3.8, 4) is 17.2 Å². The van der Waals surface area contributed by atoms with Crippen molar-refractivity contribution < 1.29 is 24.9 Å². The van der Waals surface area contributed by atoms with Gasteiger partial charge in [0.2, 0.25) is 5.75 Å². The fraction of sp³-hybridized carbons (Fsp3) is 0.300. The van der Waals surface area contributed by atoms with Crippen molar-refractivity contribution in [2.24, 2.45) is 5.73 Å². The summed E-state index contributed by atoms with van der Waals surface area (Å²) in [6.07, 6.45) is 0.0412. The Kier molecular flexibility index (Phi) is 3.57. The third kappa shape index (κ3) is 2.54. The van der Waals surface area contributed by atoms with Gasteiger partial charge in [0, 0.05) is 0 Å². The first-order valence-electron chi connectivity index (χ1n) is 4.53. The third-order valence-electron chi connectivity index (χ3n) is 2.11. The first-order chi connectivity index (χ1) is 7.45. The molecule has 0 heterocycles. The SMILES string of the molecule is COc1cc(C[C@H](N)C(=O)O)cc(O)c1O. The number of carboxylic acids is 1. The fourth-order valence-corrected chi connectivity index (χ4v) is 1.26. The predicted molar refractivity (Wildman–Crippen MR) is 55.6 cm³/mol. The number of rotatable bonds is 4. The Morgan fingerprint density at radius 1 is 1.50 bits per heavy atom. The first kappa shape index (κ1) is 12.1. The maximum Gasteiger partial charge on any atom is 0.320 e. The minimum Gasteiger partial charge on any atom is -0.504 e. The molecule has 1 aromatic carbocycles. The molecule has 16 heavy (non-hydrogen) atoms. The van der Waals surface area contributed by atoms with Gasteiger partial charge >= 0.3 is 5.97 Å². The second kappa shape index (κ2) is 4.71. The highest BCUT2D eigenvalue weighted by molar-refractivity contribution is 5.73. The summed E-state index contributed by atoms with van der Waals surface area (Å²) in [5.74, 6) is -1.80. The van der Waals surface area contributed by atoms with Crippen LogP contribution < -0.4 is 10.5 Å². The smallest absolute Gasteiger partial charge is 0.320 e. The molecule has 0 amide bonds. The van der Waals surface area contributed by atoms with Crippen LogP contribution in [-0.2, 0) is 11.2 Å². The van der Waals surface area contributed by atoms with Crippen molar-refractivity contribution in [2.75, 3.05) is 7.11 Å². The normalized spacial score (nSPS) is 12.1. The standard InChI is InChI=1S/C10H13NO5/c1-16-8-4-5(2-6(11)10(14)15)3-7(12)9(8)13/h3-4,6,12-13H,2,11H2,1H3,(H,14,15)/t6-/m0/s1. The number of hydrogen-bond acceptors (Lipinski definition) is 5. The summed E-state index contributed by atoms with van der Waals surface area (Å²) in [5.41, 5.74) is 5.82. The number of phenols is 2. The van der Waals surface area contributed by atoms with Crippen LogP contribution >= 0.6 is 0 Å². The maximum absolute atomic E-state index is 10.5. The Balaban J connectivity index is 2.98. The molecule has 1 rings (SSSR count). The van der Waals surface area contributed by atoms with E-state index in [1.54, 1.807) is 0 Å². The zero-order chi connectivity index (χ0) is 12.3. The Morgan fingerprint density at radius 2 is 2.12 bits per heavy atom. The number of carbonyl (C=O) groups is 1. The first-order valence-corrected chi connectivity index (χ1v) is 4.53. The highest BCUT2D eigenvalue weighted by Gasteiger charge is 2.15. The van der Waals surface area contributed by atoms with Gasteiger partial charge in [0.05, 0.1) is 7.11 Å². The molecule has 1 aromatic rings. The topological polar surface area (TPSA) is 113 Å². The summed E-state index contributed by atoms with van der Waals surface area (Å²) in [4.78, 5) is 10.5. The Labute approximate surface area is 91.9 Å². The van der Waals surface area contributed by atoms with Crippen molar-refractivity contribution in [1.29, 1.82) is 0 Å². The van der Waals surface area contributed by atoms with Gasteiger partial charge in [0.25, 0.3) is 0 Å². The maximum atomic E-state index is 10.5. The lowest BCUT2D eigenvalue weighted by molar-refractivity contribution is -0.138. The average Bonchev–Trinajstić information content (AvgIpc) is 2.22. The largest absolute Gasteiger partial charge is 0.504 e. The molecule has 0 aliphatic rings. The van der Waals surface area contributed by atoms with Crippen LogP contribution in [0.25, 0.3) is 0 Å². The van der Waals surface area contributed by atoms with Gasteiger partial charge in [-0.2, -0.15) is 0 Å². The van der Waals surface area contributed by atoms with Gasteiger partial charge in [0.1, 0.15) is 6.04 Å². The minimum atomic E-state index is -1.13. The highest BCUT2D eigenvalue weighted by atomic mass is 16.5. The number of nitrogens with two attached hydrogens (primary N) is 1. The molecule has 0 saturated heterocycles. The van der Waals surface area contributed by atoms with E-state index in [0.29, 0.717) is 5.56 Å². The van der Waals surface area contributed by atoms with Crippen LogP contribution in [-0.4, -0.2) is 34.4 Å². The van der Waals surface area contributed by atoms with E-state index in [4.69, 9.17) is 15.6 Å². The van der Waals surface area contributed by atoms with Crippen LogP contribution in [0.3, 0.4) is 0 Å². The molecule has 0 aromatic heterocycles. The number of carboxylic acid groups (broad SMARTS) is 1. The van der Waals surface area contributed by atoms with Crippen LogP contribution in [0.4, 0.5) is 0 Å². The van der Waals surface area contributed by atoms with Gasteiger partial charge in [-0.15, -0.1) is 0 Å². The number of aliphatic carboxylic acids is 1. The molecule has 0 fully saturated rings. The molecule has 0 aliphatic carbocycles. The summed E-state index contributed by atoms with van der Waals surface area (Å²) < 4.78 is 4.81. The molecule has 5 N–H and O–H groups in total. The van der Waals surface area contributed by atoms with E-state index in [1.165, 1.54) is 19.2 Å². The van der Waals surface area contributed by atoms with Gasteiger partial charge in [-0.25, -0.2) is 0 Å². The third-order valence-corrected chi connectivity index (χ3v) is 2.11. The molecular weight excluding hydrogens is 214 g/mol. The summed E-state index contributed by atoms with van der Waals surface area (Å²) in [6.45, 7) is 0. The van der Waals surface area contributed by atoms with E-state index < -0.39 is 12.0 Å². The van der Waals surface area contributed by atoms with E-state index in [2.05, 4.69) is 0 Å². The van der Waals surface area contributed by atoms with Gasteiger partial charge in [-0.05, 0) is 24.1 Å².